The number of nitrogens with zero attached hydrogens (tertiary/aromatic N) is 1. The Morgan fingerprint density at radius 3 is 2.50 bits per heavy atom. The molecule has 0 aliphatic carbocycles. The summed E-state index contributed by atoms with van der Waals surface area (Å²) in [5.74, 6) is 1.11. The normalized spacial score (nSPS) is 10.7. The lowest BCUT2D eigenvalue weighted by atomic mass is 10.1. The van der Waals surface area contributed by atoms with E-state index in [1.165, 1.54) is 0 Å². The highest BCUT2D eigenvalue weighted by Crippen LogP contribution is 2.31. The average Bonchev–Trinajstić information content (AvgIpc) is 2.64. The summed E-state index contributed by atoms with van der Waals surface area (Å²) in [5.41, 5.74) is 2.53. The molecule has 0 aromatic heterocycles. The zero-order valence-corrected chi connectivity index (χ0v) is 16.0. The van der Waals surface area contributed by atoms with Gasteiger partial charge in [-0.05, 0) is 57.2 Å². The third-order valence-corrected chi connectivity index (χ3v) is 4.06. The summed E-state index contributed by atoms with van der Waals surface area (Å²) in [7, 11) is 5.64. The maximum Gasteiger partial charge on any atom is 0.251 e. The Morgan fingerprint density at radius 2 is 1.85 bits per heavy atom. The third kappa shape index (κ3) is 5.77. The minimum atomic E-state index is -0.0894. The molecule has 2 rings (SSSR count). The third-order valence-electron chi connectivity index (χ3n) is 4.06. The average molecular weight is 356 g/mol. The molecular formula is C21H28N2O3. The van der Waals surface area contributed by atoms with E-state index >= 15 is 0 Å². The smallest absolute Gasteiger partial charge is 0.251 e. The summed E-state index contributed by atoms with van der Waals surface area (Å²) < 4.78 is 11.3. The molecule has 2 aromatic rings. The van der Waals surface area contributed by atoms with Gasteiger partial charge < -0.3 is 19.7 Å². The van der Waals surface area contributed by atoms with Crippen LogP contribution in [0.3, 0.4) is 0 Å². The lowest BCUT2D eigenvalue weighted by Crippen LogP contribution is -2.27. The van der Waals surface area contributed by atoms with Crippen molar-refractivity contribution in [1.82, 2.24) is 10.2 Å². The summed E-state index contributed by atoms with van der Waals surface area (Å²) >= 11 is 0. The molecule has 0 spiro atoms. The summed E-state index contributed by atoms with van der Waals surface area (Å²) in [6.07, 6.45) is 0.908. The number of benzene rings is 2. The second-order valence-corrected chi connectivity index (χ2v) is 6.50. The van der Waals surface area contributed by atoms with Crippen LogP contribution in [0, 0.1) is 6.92 Å². The van der Waals surface area contributed by atoms with Crippen LogP contribution < -0.4 is 14.8 Å². The van der Waals surface area contributed by atoms with Crippen LogP contribution in [0.2, 0.25) is 0 Å². The fourth-order valence-corrected chi connectivity index (χ4v) is 2.61. The Balaban J connectivity index is 2.08. The van der Waals surface area contributed by atoms with Crippen LogP contribution in [0.15, 0.2) is 42.5 Å². The number of carbonyl (C=O) groups is 1. The van der Waals surface area contributed by atoms with Gasteiger partial charge in [-0.25, -0.2) is 0 Å². The number of ether oxygens (including phenoxy) is 2. The number of hydrogen-bond acceptors (Lipinski definition) is 4. The van der Waals surface area contributed by atoms with E-state index in [0.717, 1.165) is 24.1 Å². The molecule has 0 saturated heterocycles. The van der Waals surface area contributed by atoms with E-state index in [4.69, 9.17) is 9.47 Å². The molecule has 140 valence electrons. The van der Waals surface area contributed by atoms with E-state index in [0.29, 0.717) is 30.2 Å². The van der Waals surface area contributed by atoms with Gasteiger partial charge in [0, 0.05) is 12.1 Å². The minimum absolute atomic E-state index is 0.0894. The van der Waals surface area contributed by atoms with Gasteiger partial charge in [0.2, 0.25) is 0 Å². The van der Waals surface area contributed by atoms with Crippen molar-refractivity contribution in [2.75, 3.05) is 34.3 Å². The van der Waals surface area contributed by atoms with Gasteiger partial charge in [0.25, 0.3) is 5.91 Å². The van der Waals surface area contributed by atoms with Gasteiger partial charge in [-0.3, -0.25) is 4.79 Å². The van der Waals surface area contributed by atoms with E-state index in [9.17, 15) is 4.79 Å². The molecule has 1 N–H and O–H groups in total. The Labute approximate surface area is 155 Å². The molecule has 0 radical (unpaired) electrons. The van der Waals surface area contributed by atoms with Crippen molar-refractivity contribution in [3.63, 3.8) is 0 Å². The van der Waals surface area contributed by atoms with E-state index < -0.39 is 0 Å². The van der Waals surface area contributed by atoms with Crippen LogP contribution in [0.5, 0.6) is 11.5 Å². The van der Waals surface area contributed by atoms with Gasteiger partial charge in [-0.1, -0.05) is 30.3 Å². The standard InChI is InChI=1S/C21H28N2O3/c1-16-13-19(25-4)20(26-15-17-9-6-5-7-10-17)14-18(16)21(24)22-11-8-12-23(2)3/h5-7,9-10,13-14H,8,11-12,15H2,1-4H3,(H,22,24). The topological polar surface area (TPSA) is 50.8 Å². The second kappa shape index (κ2) is 9.82. The zero-order chi connectivity index (χ0) is 18.9. The number of nitrogens with one attached hydrogen (secondary N) is 1. The number of methoxy groups -OCH3 is 1. The fourth-order valence-electron chi connectivity index (χ4n) is 2.61. The van der Waals surface area contributed by atoms with Gasteiger partial charge >= 0.3 is 0 Å². The van der Waals surface area contributed by atoms with Crippen molar-refractivity contribution in [1.29, 1.82) is 0 Å². The first-order chi connectivity index (χ1) is 12.5. The van der Waals surface area contributed by atoms with Gasteiger partial charge in [0.15, 0.2) is 11.5 Å². The SMILES string of the molecule is COc1cc(C)c(C(=O)NCCCN(C)C)cc1OCc1ccccc1. The minimum Gasteiger partial charge on any atom is -0.493 e. The van der Waals surface area contributed by atoms with Crippen molar-refractivity contribution < 1.29 is 14.3 Å². The lowest BCUT2D eigenvalue weighted by Gasteiger charge is -2.15. The van der Waals surface area contributed by atoms with Gasteiger partial charge in [-0.15, -0.1) is 0 Å². The predicted octanol–water partition coefficient (Wildman–Crippen LogP) is 3.26. The molecule has 0 aliphatic heterocycles. The number of hydrogen-bond donors (Lipinski definition) is 1. The highest BCUT2D eigenvalue weighted by atomic mass is 16.5. The molecule has 0 atom stereocenters. The van der Waals surface area contributed by atoms with E-state index in [1.54, 1.807) is 13.2 Å². The van der Waals surface area contributed by atoms with Gasteiger partial charge in [0.1, 0.15) is 6.61 Å². The van der Waals surface area contributed by atoms with Gasteiger partial charge in [0.05, 0.1) is 7.11 Å². The molecule has 2 aromatic carbocycles. The lowest BCUT2D eigenvalue weighted by molar-refractivity contribution is 0.0951. The van der Waals surface area contributed by atoms with E-state index in [2.05, 4.69) is 10.2 Å². The number of amides is 1. The molecule has 0 fully saturated rings. The van der Waals surface area contributed by atoms with E-state index in [1.807, 2.05) is 57.4 Å². The monoisotopic (exact) mass is 356 g/mol. The molecule has 26 heavy (non-hydrogen) atoms. The van der Waals surface area contributed by atoms with Gasteiger partial charge in [-0.2, -0.15) is 0 Å². The van der Waals surface area contributed by atoms with Crippen molar-refractivity contribution in [3.8, 4) is 11.5 Å². The molecule has 5 heteroatoms. The zero-order valence-electron chi connectivity index (χ0n) is 16.0. The Kier molecular flexibility index (Phi) is 7.48. The van der Waals surface area contributed by atoms with Crippen LogP contribution in [0.1, 0.15) is 27.9 Å². The summed E-state index contributed by atoms with van der Waals surface area (Å²) in [6.45, 7) is 3.90. The molecule has 0 aliphatic rings. The summed E-state index contributed by atoms with van der Waals surface area (Å²) in [6, 6.07) is 13.5. The number of aryl methyl sites for hydroxylation is 1. The van der Waals surface area contributed by atoms with Crippen molar-refractivity contribution in [3.05, 3.63) is 59.2 Å². The largest absolute Gasteiger partial charge is 0.493 e. The number of carbonyl (C=O) groups excluding carboxylic acids is 1. The number of rotatable bonds is 9. The first-order valence-corrected chi connectivity index (χ1v) is 8.79. The first-order valence-electron chi connectivity index (χ1n) is 8.79. The van der Waals surface area contributed by atoms with Crippen LogP contribution >= 0.6 is 0 Å². The summed E-state index contributed by atoms with van der Waals surface area (Å²) in [4.78, 5) is 14.6. The van der Waals surface area contributed by atoms with Crippen LogP contribution in [-0.2, 0) is 6.61 Å². The maximum absolute atomic E-state index is 12.5. The Morgan fingerprint density at radius 1 is 1.12 bits per heavy atom. The molecule has 0 unspecified atom stereocenters. The molecule has 0 saturated carbocycles. The highest BCUT2D eigenvalue weighted by Gasteiger charge is 2.15. The van der Waals surface area contributed by atoms with Crippen LogP contribution in [0.4, 0.5) is 0 Å². The molecule has 0 bridgehead atoms. The summed E-state index contributed by atoms with van der Waals surface area (Å²) in [5, 5.41) is 2.97. The van der Waals surface area contributed by atoms with Crippen LogP contribution in [0.25, 0.3) is 0 Å². The molecule has 5 nitrogen and oxygen atoms in total. The maximum atomic E-state index is 12.5. The van der Waals surface area contributed by atoms with Crippen molar-refractivity contribution in [2.24, 2.45) is 0 Å². The fraction of sp³-hybridized carbons (Fsp3) is 0.381. The molecular weight excluding hydrogens is 328 g/mol. The Hall–Kier alpha value is -2.53. The molecule has 0 heterocycles. The molecule has 1 amide bonds. The Bertz CT molecular complexity index is 715. The van der Waals surface area contributed by atoms with Crippen molar-refractivity contribution in [2.45, 2.75) is 20.0 Å². The quantitative estimate of drug-likeness (QED) is 0.701. The predicted molar refractivity (Wildman–Crippen MR) is 104 cm³/mol. The van der Waals surface area contributed by atoms with Crippen molar-refractivity contribution >= 4 is 5.91 Å². The van der Waals surface area contributed by atoms with E-state index in [-0.39, 0.29) is 5.91 Å². The highest BCUT2D eigenvalue weighted by molar-refractivity contribution is 5.96. The first kappa shape index (κ1) is 19.8. The second-order valence-electron chi connectivity index (χ2n) is 6.50. The van der Waals surface area contributed by atoms with Crippen LogP contribution in [-0.4, -0.2) is 45.1 Å².